The highest BCUT2D eigenvalue weighted by molar-refractivity contribution is 6.00. The molecular formula is C24H28N6O2. The summed E-state index contributed by atoms with van der Waals surface area (Å²) in [6, 6.07) is 6.23. The van der Waals surface area contributed by atoms with Crippen LogP contribution < -0.4 is 4.90 Å². The third kappa shape index (κ3) is 3.59. The maximum Gasteiger partial charge on any atom is 0.272 e. The standard InChI is InChI=1S/C24H28N6O2/c1-28-15-25-14-20(28)24(32)30-10-8-16(9-11-30)12-18-13-26-27-22(18)19-5-3-4-17-6-7-21(31)29(2)23(17)19/h3-5,13-16H,6-12H2,1-2H3,(H,26,27). The highest BCUT2D eigenvalue weighted by atomic mass is 16.2. The Bertz CT molecular complexity index is 1150. The molecule has 2 amide bonds. The van der Waals surface area contributed by atoms with E-state index >= 15 is 0 Å². The molecule has 2 aliphatic heterocycles. The molecule has 2 aliphatic rings. The van der Waals surface area contributed by atoms with E-state index < -0.39 is 0 Å². The average Bonchev–Trinajstić information content (AvgIpc) is 3.45. The van der Waals surface area contributed by atoms with Gasteiger partial charge in [-0.2, -0.15) is 5.10 Å². The largest absolute Gasteiger partial charge is 0.337 e. The molecule has 5 rings (SSSR count). The number of anilines is 1. The highest BCUT2D eigenvalue weighted by Gasteiger charge is 2.28. The highest BCUT2D eigenvalue weighted by Crippen LogP contribution is 2.38. The predicted octanol–water partition coefficient (Wildman–Crippen LogP) is 2.81. The van der Waals surface area contributed by atoms with E-state index in [1.54, 1.807) is 22.0 Å². The van der Waals surface area contributed by atoms with Crippen molar-refractivity contribution in [3.8, 4) is 11.3 Å². The van der Waals surface area contributed by atoms with Crippen LogP contribution >= 0.6 is 0 Å². The van der Waals surface area contributed by atoms with Gasteiger partial charge < -0.3 is 14.4 Å². The summed E-state index contributed by atoms with van der Waals surface area (Å²) >= 11 is 0. The van der Waals surface area contributed by atoms with Crippen LogP contribution in [-0.2, 0) is 24.7 Å². The summed E-state index contributed by atoms with van der Waals surface area (Å²) in [5.41, 5.74) is 6.03. The van der Waals surface area contributed by atoms with Crippen molar-refractivity contribution in [1.29, 1.82) is 0 Å². The third-order valence-electron chi connectivity index (χ3n) is 6.87. The molecule has 0 aliphatic carbocycles. The van der Waals surface area contributed by atoms with Crippen molar-refractivity contribution in [2.24, 2.45) is 13.0 Å². The van der Waals surface area contributed by atoms with Crippen LogP contribution in [-0.4, -0.2) is 56.6 Å². The maximum atomic E-state index is 12.8. The number of imidazole rings is 1. The summed E-state index contributed by atoms with van der Waals surface area (Å²) in [6.45, 7) is 1.50. The van der Waals surface area contributed by atoms with Crippen molar-refractivity contribution >= 4 is 17.5 Å². The van der Waals surface area contributed by atoms with Crippen LogP contribution in [0.5, 0.6) is 0 Å². The van der Waals surface area contributed by atoms with Crippen molar-refractivity contribution in [3.63, 3.8) is 0 Å². The Labute approximate surface area is 187 Å². The third-order valence-corrected chi connectivity index (χ3v) is 6.87. The molecule has 0 atom stereocenters. The lowest BCUT2D eigenvalue weighted by molar-refractivity contribution is -0.118. The molecule has 4 heterocycles. The first kappa shape index (κ1) is 20.5. The fourth-order valence-corrected chi connectivity index (χ4v) is 5.00. The molecular weight excluding hydrogens is 404 g/mol. The average molecular weight is 433 g/mol. The first-order chi connectivity index (χ1) is 15.5. The first-order valence-corrected chi connectivity index (χ1v) is 11.2. The minimum atomic E-state index is 0.0519. The number of carbonyl (C=O) groups excluding carboxylic acids is 2. The molecule has 0 radical (unpaired) electrons. The molecule has 2 aromatic heterocycles. The lowest BCUT2D eigenvalue weighted by Crippen LogP contribution is -2.39. The van der Waals surface area contributed by atoms with Gasteiger partial charge in [-0.05, 0) is 42.7 Å². The normalized spacial score (nSPS) is 17.0. The second-order valence-electron chi connectivity index (χ2n) is 8.87. The Kier molecular flexibility index (Phi) is 5.28. The lowest BCUT2D eigenvalue weighted by Gasteiger charge is -2.32. The maximum absolute atomic E-state index is 12.8. The Morgan fingerprint density at radius 2 is 1.97 bits per heavy atom. The number of aromatic amines is 1. The van der Waals surface area contributed by atoms with Gasteiger partial charge in [0.15, 0.2) is 0 Å². The van der Waals surface area contributed by atoms with Gasteiger partial charge in [-0.3, -0.25) is 14.7 Å². The number of para-hydroxylation sites is 1. The van der Waals surface area contributed by atoms with E-state index in [1.807, 2.05) is 25.2 Å². The van der Waals surface area contributed by atoms with E-state index in [9.17, 15) is 9.59 Å². The van der Waals surface area contributed by atoms with Crippen molar-refractivity contribution in [2.75, 3.05) is 25.0 Å². The van der Waals surface area contributed by atoms with E-state index in [4.69, 9.17) is 0 Å². The van der Waals surface area contributed by atoms with Crippen LogP contribution in [0.1, 0.15) is 40.9 Å². The Morgan fingerprint density at radius 3 is 2.72 bits per heavy atom. The summed E-state index contributed by atoms with van der Waals surface area (Å²) in [7, 11) is 3.70. The Balaban J connectivity index is 1.31. The topological polar surface area (TPSA) is 87.1 Å². The molecule has 1 aromatic carbocycles. The number of aryl methyl sites for hydroxylation is 2. The Morgan fingerprint density at radius 1 is 1.16 bits per heavy atom. The van der Waals surface area contributed by atoms with Crippen LogP contribution in [0.3, 0.4) is 0 Å². The molecule has 166 valence electrons. The fraction of sp³-hybridized carbons (Fsp3) is 0.417. The number of piperidine rings is 1. The number of rotatable bonds is 4. The van der Waals surface area contributed by atoms with Gasteiger partial charge >= 0.3 is 0 Å². The number of likely N-dealkylation sites (tertiary alicyclic amines) is 1. The summed E-state index contributed by atoms with van der Waals surface area (Å²) < 4.78 is 1.77. The van der Waals surface area contributed by atoms with Crippen molar-refractivity contribution in [2.45, 2.75) is 32.1 Å². The quantitative estimate of drug-likeness (QED) is 0.687. The van der Waals surface area contributed by atoms with Gasteiger partial charge in [0.2, 0.25) is 5.91 Å². The molecule has 8 heteroatoms. The van der Waals surface area contributed by atoms with Gasteiger partial charge in [0, 0.05) is 39.2 Å². The predicted molar refractivity (Wildman–Crippen MR) is 121 cm³/mol. The molecule has 0 bridgehead atoms. The zero-order valence-corrected chi connectivity index (χ0v) is 18.5. The number of carbonyl (C=O) groups is 2. The van der Waals surface area contributed by atoms with Crippen LogP contribution in [0.25, 0.3) is 11.3 Å². The summed E-state index contributed by atoms with van der Waals surface area (Å²) in [4.78, 5) is 32.9. The number of fused-ring (bicyclic) bond motifs is 1. The number of nitrogens with zero attached hydrogens (tertiary/aromatic N) is 5. The zero-order chi connectivity index (χ0) is 22.2. The van der Waals surface area contributed by atoms with Crippen LogP contribution in [0, 0.1) is 5.92 Å². The minimum absolute atomic E-state index is 0.0519. The zero-order valence-electron chi connectivity index (χ0n) is 18.5. The molecule has 0 spiro atoms. The SMILES string of the molecule is CN1C(=O)CCc2cccc(-c3[nH]ncc3CC3CCN(C(=O)c4cncn4C)CC3)c21. The molecule has 8 nitrogen and oxygen atoms in total. The minimum Gasteiger partial charge on any atom is -0.337 e. The molecule has 1 N–H and O–H groups in total. The lowest BCUT2D eigenvalue weighted by atomic mass is 9.88. The van der Waals surface area contributed by atoms with Crippen LogP contribution in [0.15, 0.2) is 36.9 Å². The van der Waals surface area contributed by atoms with Crippen molar-refractivity contribution < 1.29 is 9.59 Å². The van der Waals surface area contributed by atoms with Gasteiger partial charge in [-0.25, -0.2) is 4.98 Å². The first-order valence-electron chi connectivity index (χ1n) is 11.2. The van der Waals surface area contributed by atoms with E-state index in [0.717, 1.165) is 55.7 Å². The molecule has 3 aromatic rings. The second-order valence-corrected chi connectivity index (χ2v) is 8.87. The van der Waals surface area contributed by atoms with Gasteiger partial charge in [0.1, 0.15) is 5.69 Å². The number of benzene rings is 1. The monoisotopic (exact) mass is 432 g/mol. The van der Waals surface area contributed by atoms with E-state index in [1.165, 1.54) is 11.1 Å². The van der Waals surface area contributed by atoms with Crippen LogP contribution in [0.4, 0.5) is 5.69 Å². The van der Waals surface area contributed by atoms with Crippen LogP contribution in [0.2, 0.25) is 0 Å². The van der Waals surface area contributed by atoms with Crippen molar-refractivity contribution in [3.05, 3.63) is 53.7 Å². The second kappa shape index (κ2) is 8.26. The van der Waals surface area contributed by atoms with E-state index in [2.05, 4.69) is 33.4 Å². The molecule has 1 saturated heterocycles. The fourth-order valence-electron chi connectivity index (χ4n) is 5.00. The van der Waals surface area contributed by atoms with Gasteiger partial charge in [-0.1, -0.05) is 18.2 Å². The molecule has 0 saturated carbocycles. The number of aromatic nitrogens is 4. The molecule has 0 unspecified atom stereocenters. The van der Waals surface area contributed by atoms with Gasteiger partial charge in [0.25, 0.3) is 5.91 Å². The van der Waals surface area contributed by atoms with Gasteiger partial charge in [0.05, 0.1) is 30.1 Å². The van der Waals surface area contributed by atoms with Gasteiger partial charge in [-0.15, -0.1) is 0 Å². The molecule has 32 heavy (non-hydrogen) atoms. The van der Waals surface area contributed by atoms with E-state index in [0.29, 0.717) is 18.0 Å². The molecule has 1 fully saturated rings. The number of H-pyrrole nitrogens is 1. The number of amides is 2. The van der Waals surface area contributed by atoms with Crippen molar-refractivity contribution in [1.82, 2.24) is 24.6 Å². The summed E-state index contributed by atoms with van der Waals surface area (Å²) in [5.74, 6) is 0.688. The Hall–Kier alpha value is -3.42. The number of hydrogen-bond acceptors (Lipinski definition) is 4. The number of hydrogen-bond donors (Lipinski definition) is 1. The summed E-state index contributed by atoms with van der Waals surface area (Å²) in [5, 5.41) is 7.53. The number of nitrogens with one attached hydrogen (secondary N) is 1. The summed E-state index contributed by atoms with van der Waals surface area (Å²) in [6.07, 6.45) is 9.35. The smallest absolute Gasteiger partial charge is 0.272 e. The van der Waals surface area contributed by atoms with E-state index in [-0.39, 0.29) is 11.8 Å².